The highest BCUT2D eigenvalue weighted by atomic mass is 32.2. The molecule has 4 heteroatoms. The maximum atomic E-state index is 7.25. The molecule has 1 aromatic heterocycles. The summed E-state index contributed by atoms with van der Waals surface area (Å²) < 4.78 is 0. The van der Waals surface area contributed by atoms with Crippen LogP contribution in [0.4, 0.5) is 0 Å². The number of rotatable bonds is 4. The van der Waals surface area contributed by atoms with Gasteiger partial charge in [0.2, 0.25) is 0 Å². The first-order valence-electron chi connectivity index (χ1n) is 4.17. The lowest BCUT2D eigenvalue weighted by atomic mass is 10.2. The van der Waals surface area contributed by atoms with Gasteiger partial charge < -0.3 is 5.73 Å². The van der Waals surface area contributed by atoms with E-state index in [4.69, 9.17) is 11.1 Å². The summed E-state index contributed by atoms with van der Waals surface area (Å²) in [7, 11) is 0. The summed E-state index contributed by atoms with van der Waals surface area (Å²) in [4.78, 5) is 4.17. The van der Waals surface area contributed by atoms with Gasteiger partial charge in [-0.2, -0.15) is 0 Å². The molecule has 1 aromatic rings. The van der Waals surface area contributed by atoms with Crippen LogP contribution in [0.2, 0.25) is 0 Å². The van der Waals surface area contributed by atoms with Gasteiger partial charge in [0.05, 0.1) is 5.03 Å². The molecule has 0 aromatic carbocycles. The topological polar surface area (TPSA) is 62.8 Å². The van der Waals surface area contributed by atoms with Crippen molar-refractivity contribution in [3.05, 3.63) is 23.9 Å². The van der Waals surface area contributed by atoms with Crippen molar-refractivity contribution in [1.29, 1.82) is 5.41 Å². The van der Waals surface area contributed by atoms with Crippen molar-refractivity contribution in [2.24, 2.45) is 5.73 Å². The molecule has 0 spiro atoms. The molecule has 0 saturated carbocycles. The van der Waals surface area contributed by atoms with E-state index in [1.807, 2.05) is 6.07 Å². The van der Waals surface area contributed by atoms with Gasteiger partial charge in [-0.15, -0.1) is 11.8 Å². The molecule has 0 atom stereocenters. The molecule has 13 heavy (non-hydrogen) atoms. The Morgan fingerprint density at radius 1 is 1.69 bits per heavy atom. The molecule has 0 saturated heterocycles. The Labute approximate surface area is 82.3 Å². The highest BCUT2D eigenvalue weighted by molar-refractivity contribution is 7.99. The molecule has 0 unspecified atom stereocenters. The molecular weight excluding hydrogens is 182 g/mol. The van der Waals surface area contributed by atoms with E-state index < -0.39 is 0 Å². The van der Waals surface area contributed by atoms with Crippen LogP contribution < -0.4 is 5.73 Å². The molecular formula is C9H13N3S. The number of nitrogens with two attached hydrogens (primary N) is 1. The smallest absolute Gasteiger partial charge is 0.122 e. The Morgan fingerprint density at radius 2 is 2.46 bits per heavy atom. The van der Waals surface area contributed by atoms with Crippen LogP contribution in [0.1, 0.15) is 18.9 Å². The van der Waals surface area contributed by atoms with Crippen LogP contribution >= 0.6 is 11.8 Å². The van der Waals surface area contributed by atoms with Crippen molar-refractivity contribution in [3.8, 4) is 0 Å². The molecule has 70 valence electrons. The summed E-state index contributed by atoms with van der Waals surface area (Å²) in [6.45, 7) is 2.13. The first-order chi connectivity index (χ1) is 6.24. The first-order valence-corrected chi connectivity index (χ1v) is 5.16. The Balaban J connectivity index is 2.73. The average molecular weight is 195 g/mol. The predicted octanol–water partition coefficient (Wildman–Crippen LogP) is 1.87. The number of nitrogen functional groups attached to an aromatic ring is 1. The van der Waals surface area contributed by atoms with Gasteiger partial charge in [-0.25, -0.2) is 4.98 Å². The zero-order valence-electron chi connectivity index (χ0n) is 7.58. The standard InChI is InChI=1S/C9H13N3S/c1-2-5-13-8-6-7(9(10)11)3-4-12-8/h3-4,6H,2,5H2,1H3,(H3,10,11). The number of pyridine rings is 1. The van der Waals surface area contributed by atoms with Crippen molar-refractivity contribution >= 4 is 17.6 Å². The van der Waals surface area contributed by atoms with Crippen LogP contribution in [0.15, 0.2) is 23.4 Å². The third kappa shape index (κ3) is 3.06. The fourth-order valence-electron chi connectivity index (χ4n) is 0.863. The van der Waals surface area contributed by atoms with E-state index >= 15 is 0 Å². The number of amidine groups is 1. The fourth-order valence-corrected chi connectivity index (χ4v) is 1.62. The van der Waals surface area contributed by atoms with Gasteiger partial charge in [-0.1, -0.05) is 6.92 Å². The summed E-state index contributed by atoms with van der Waals surface area (Å²) >= 11 is 1.69. The number of nitrogens with one attached hydrogen (secondary N) is 1. The van der Waals surface area contributed by atoms with E-state index in [0.29, 0.717) is 0 Å². The molecule has 0 fully saturated rings. The second-order valence-electron chi connectivity index (χ2n) is 2.64. The normalized spacial score (nSPS) is 9.92. The number of aromatic nitrogens is 1. The Kier molecular flexibility index (Phi) is 3.76. The average Bonchev–Trinajstić information content (AvgIpc) is 2.15. The summed E-state index contributed by atoms with van der Waals surface area (Å²) in [6.07, 6.45) is 2.81. The molecule has 0 amide bonds. The van der Waals surface area contributed by atoms with Crippen LogP contribution in [-0.2, 0) is 0 Å². The Bertz CT molecular complexity index is 299. The molecule has 0 aliphatic carbocycles. The van der Waals surface area contributed by atoms with Crippen molar-refractivity contribution in [3.63, 3.8) is 0 Å². The number of hydrogen-bond donors (Lipinski definition) is 2. The van der Waals surface area contributed by atoms with Crippen LogP contribution in [-0.4, -0.2) is 16.6 Å². The maximum absolute atomic E-state index is 7.25. The minimum absolute atomic E-state index is 0.0979. The zero-order chi connectivity index (χ0) is 9.68. The summed E-state index contributed by atoms with van der Waals surface area (Å²) in [5.41, 5.74) is 6.10. The van der Waals surface area contributed by atoms with Gasteiger partial charge >= 0.3 is 0 Å². The van der Waals surface area contributed by atoms with E-state index in [2.05, 4.69) is 11.9 Å². The zero-order valence-corrected chi connectivity index (χ0v) is 8.40. The number of nitrogens with zero attached hydrogens (tertiary/aromatic N) is 1. The minimum Gasteiger partial charge on any atom is -0.384 e. The van der Waals surface area contributed by atoms with Crippen LogP contribution in [0, 0.1) is 5.41 Å². The lowest BCUT2D eigenvalue weighted by Gasteiger charge is -2.01. The van der Waals surface area contributed by atoms with Gasteiger partial charge in [0, 0.05) is 11.8 Å². The third-order valence-corrected chi connectivity index (χ3v) is 2.63. The van der Waals surface area contributed by atoms with Gasteiger partial charge in [-0.3, -0.25) is 5.41 Å². The highest BCUT2D eigenvalue weighted by Gasteiger charge is 1.99. The van der Waals surface area contributed by atoms with Crippen LogP contribution in [0.5, 0.6) is 0 Å². The summed E-state index contributed by atoms with van der Waals surface area (Å²) in [6, 6.07) is 3.60. The van der Waals surface area contributed by atoms with E-state index in [1.165, 1.54) is 0 Å². The van der Waals surface area contributed by atoms with Crippen LogP contribution in [0.25, 0.3) is 0 Å². The first kappa shape index (κ1) is 10.1. The summed E-state index contributed by atoms with van der Waals surface area (Å²) in [5.74, 6) is 1.15. The highest BCUT2D eigenvalue weighted by Crippen LogP contribution is 2.16. The number of hydrogen-bond acceptors (Lipinski definition) is 3. The maximum Gasteiger partial charge on any atom is 0.122 e. The van der Waals surface area contributed by atoms with Crippen LogP contribution in [0.3, 0.4) is 0 Å². The largest absolute Gasteiger partial charge is 0.384 e. The van der Waals surface area contributed by atoms with Crippen molar-refractivity contribution < 1.29 is 0 Å². The lowest BCUT2D eigenvalue weighted by Crippen LogP contribution is -2.11. The van der Waals surface area contributed by atoms with E-state index in [9.17, 15) is 0 Å². The predicted molar refractivity (Wildman–Crippen MR) is 56.3 cm³/mol. The van der Waals surface area contributed by atoms with E-state index in [0.717, 1.165) is 22.8 Å². The second kappa shape index (κ2) is 4.87. The van der Waals surface area contributed by atoms with E-state index in [-0.39, 0.29) is 5.84 Å². The van der Waals surface area contributed by atoms with Crippen molar-refractivity contribution in [2.45, 2.75) is 18.4 Å². The monoisotopic (exact) mass is 195 g/mol. The quantitative estimate of drug-likeness (QED) is 0.438. The van der Waals surface area contributed by atoms with E-state index in [1.54, 1.807) is 24.0 Å². The van der Waals surface area contributed by atoms with Gasteiger partial charge in [0.1, 0.15) is 5.84 Å². The lowest BCUT2D eigenvalue weighted by molar-refractivity contribution is 1.08. The summed E-state index contributed by atoms with van der Waals surface area (Å²) in [5, 5.41) is 8.19. The molecule has 0 aliphatic rings. The van der Waals surface area contributed by atoms with Crippen molar-refractivity contribution in [2.75, 3.05) is 5.75 Å². The molecule has 0 bridgehead atoms. The molecule has 1 rings (SSSR count). The second-order valence-corrected chi connectivity index (χ2v) is 3.76. The molecule has 0 radical (unpaired) electrons. The van der Waals surface area contributed by atoms with Gasteiger partial charge in [0.25, 0.3) is 0 Å². The van der Waals surface area contributed by atoms with Gasteiger partial charge in [0.15, 0.2) is 0 Å². The molecule has 0 aliphatic heterocycles. The Morgan fingerprint density at radius 3 is 3.08 bits per heavy atom. The SMILES string of the molecule is CCCSc1cc(C(=N)N)ccn1. The fraction of sp³-hybridized carbons (Fsp3) is 0.333. The Hall–Kier alpha value is -1.03. The molecule has 1 heterocycles. The molecule has 3 N–H and O–H groups in total. The van der Waals surface area contributed by atoms with Crippen molar-refractivity contribution in [1.82, 2.24) is 4.98 Å². The minimum atomic E-state index is 0.0979. The van der Waals surface area contributed by atoms with Gasteiger partial charge in [-0.05, 0) is 24.3 Å². The number of thioether (sulfide) groups is 1. The third-order valence-electron chi connectivity index (χ3n) is 1.50. The molecule has 3 nitrogen and oxygen atoms in total.